The Bertz CT molecular complexity index is 482. The number of aliphatic hydroxyl groups is 1. The molecule has 0 saturated carbocycles. The fraction of sp³-hybridized carbons (Fsp3) is 0.500. The first-order valence-corrected chi connectivity index (χ1v) is 6.60. The number of carbonyl (C=O) groups excluding carboxylic acids is 1. The molecule has 0 spiro atoms. The molecule has 1 heterocycles. The van der Waals surface area contributed by atoms with Crippen molar-refractivity contribution in [3.05, 3.63) is 35.7 Å². The van der Waals surface area contributed by atoms with Gasteiger partial charge in [-0.15, -0.1) is 0 Å². The van der Waals surface area contributed by atoms with Crippen molar-refractivity contribution in [2.75, 3.05) is 0 Å². The van der Waals surface area contributed by atoms with Crippen LogP contribution in [0, 0.1) is 11.3 Å². The van der Waals surface area contributed by atoms with E-state index in [9.17, 15) is 9.90 Å². The molecular formula is C16H23NO2. The Hall–Kier alpha value is -1.64. The fourth-order valence-corrected chi connectivity index (χ4v) is 1.63. The van der Waals surface area contributed by atoms with E-state index < -0.39 is 5.41 Å². The summed E-state index contributed by atoms with van der Waals surface area (Å²) in [6.45, 7) is 9.74. The predicted octanol–water partition coefficient (Wildman–Crippen LogP) is 3.79. The Morgan fingerprint density at radius 1 is 1.42 bits per heavy atom. The lowest BCUT2D eigenvalue weighted by Gasteiger charge is -2.13. The van der Waals surface area contributed by atoms with Gasteiger partial charge in [-0.3, -0.25) is 9.78 Å². The van der Waals surface area contributed by atoms with E-state index in [1.807, 2.05) is 32.9 Å². The minimum absolute atomic E-state index is 0.0643. The number of pyridine rings is 1. The molecule has 0 aromatic carbocycles. The Labute approximate surface area is 115 Å². The average Bonchev–Trinajstić information content (AvgIpc) is 2.27. The van der Waals surface area contributed by atoms with Crippen molar-refractivity contribution in [1.29, 1.82) is 0 Å². The summed E-state index contributed by atoms with van der Waals surface area (Å²) >= 11 is 0. The number of allylic oxidation sites excluding steroid dienone is 1. The number of hydrogen-bond donors (Lipinski definition) is 1. The summed E-state index contributed by atoms with van der Waals surface area (Å²) in [6.07, 6.45) is 3.86. The van der Waals surface area contributed by atoms with Gasteiger partial charge in [0.15, 0.2) is 5.78 Å². The van der Waals surface area contributed by atoms with E-state index in [4.69, 9.17) is 0 Å². The smallest absolute Gasteiger partial charge is 0.164 e. The monoisotopic (exact) mass is 261 g/mol. The van der Waals surface area contributed by atoms with Gasteiger partial charge in [0.2, 0.25) is 0 Å². The molecule has 0 saturated heterocycles. The van der Waals surface area contributed by atoms with Gasteiger partial charge in [-0.2, -0.15) is 0 Å². The van der Waals surface area contributed by atoms with Crippen molar-refractivity contribution in [3.8, 4) is 0 Å². The normalized spacial score (nSPS) is 12.8. The zero-order valence-electron chi connectivity index (χ0n) is 12.4. The third-order valence-corrected chi connectivity index (χ3v) is 2.74. The third kappa shape index (κ3) is 4.86. The molecule has 3 nitrogen and oxygen atoms in total. The van der Waals surface area contributed by atoms with Gasteiger partial charge in [0.05, 0.1) is 0 Å². The maximum atomic E-state index is 11.8. The lowest BCUT2D eigenvalue weighted by molar-refractivity contribution is -0.121. The quantitative estimate of drug-likeness (QED) is 0.662. The molecule has 0 aliphatic heterocycles. The number of hydrogen-bond acceptors (Lipinski definition) is 3. The highest BCUT2D eigenvalue weighted by Crippen LogP contribution is 2.19. The zero-order valence-corrected chi connectivity index (χ0v) is 12.4. The minimum atomic E-state index is -0.497. The molecule has 1 aromatic heterocycles. The van der Waals surface area contributed by atoms with Crippen molar-refractivity contribution in [2.45, 2.75) is 41.0 Å². The topological polar surface area (TPSA) is 50.2 Å². The molecule has 1 N–H and O–H groups in total. The number of aromatic nitrogens is 1. The van der Waals surface area contributed by atoms with Gasteiger partial charge in [-0.25, -0.2) is 0 Å². The second kappa shape index (κ2) is 6.00. The van der Waals surface area contributed by atoms with Gasteiger partial charge in [-0.1, -0.05) is 34.6 Å². The second-order valence-electron chi connectivity index (χ2n) is 6.29. The minimum Gasteiger partial charge on any atom is -0.506 e. The predicted molar refractivity (Wildman–Crippen MR) is 77.8 cm³/mol. The zero-order chi connectivity index (χ0) is 14.6. The molecule has 3 heteroatoms. The Balaban J connectivity index is 2.97. The summed E-state index contributed by atoms with van der Waals surface area (Å²) in [5, 5.41) is 9.99. The molecule has 1 rings (SSSR count). The van der Waals surface area contributed by atoms with Crippen molar-refractivity contribution in [3.63, 3.8) is 0 Å². The molecule has 104 valence electrons. The lowest BCUT2D eigenvalue weighted by atomic mass is 9.90. The van der Waals surface area contributed by atoms with E-state index in [-0.39, 0.29) is 11.5 Å². The van der Waals surface area contributed by atoms with Crippen LogP contribution in [0.2, 0.25) is 0 Å². The van der Waals surface area contributed by atoms with Crippen LogP contribution < -0.4 is 0 Å². The molecular weight excluding hydrogens is 238 g/mol. The molecule has 1 aromatic rings. The van der Waals surface area contributed by atoms with Crippen LogP contribution in [0.5, 0.6) is 0 Å². The molecule has 0 aliphatic rings. The van der Waals surface area contributed by atoms with E-state index in [0.29, 0.717) is 11.6 Å². The van der Waals surface area contributed by atoms with Crippen molar-refractivity contribution in [2.24, 2.45) is 11.3 Å². The maximum Gasteiger partial charge on any atom is 0.164 e. The highest BCUT2D eigenvalue weighted by molar-refractivity contribution is 5.98. The maximum absolute atomic E-state index is 11.8. The summed E-state index contributed by atoms with van der Waals surface area (Å²) in [7, 11) is 0. The van der Waals surface area contributed by atoms with Crippen LogP contribution in [0.1, 0.15) is 45.9 Å². The van der Waals surface area contributed by atoms with Crippen molar-refractivity contribution in [1.82, 2.24) is 4.98 Å². The van der Waals surface area contributed by atoms with Gasteiger partial charge in [0.1, 0.15) is 11.5 Å². The lowest BCUT2D eigenvalue weighted by Crippen LogP contribution is -2.18. The van der Waals surface area contributed by atoms with Crippen LogP contribution in [0.3, 0.4) is 0 Å². The first kappa shape index (κ1) is 15.4. The summed E-state index contributed by atoms with van der Waals surface area (Å²) in [5.74, 6) is 0.365. The third-order valence-electron chi connectivity index (χ3n) is 2.74. The molecule has 0 fully saturated rings. The largest absolute Gasteiger partial charge is 0.506 e. The molecule has 0 bridgehead atoms. The van der Waals surface area contributed by atoms with Gasteiger partial charge in [0, 0.05) is 17.7 Å². The SMILES string of the molecule is CC(C)Cc1ccnc(C(O)=CC(=O)C(C)(C)C)c1. The number of nitrogens with zero attached hydrogens (tertiary/aromatic N) is 1. The van der Waals surface area contributed by atoms with Crippen molar-refractivity contribution < 1.29 is 9.90 Å². The number of rotatable bonds is 4. The standard InChI is InChI=1S/C16H23NO2/c1-11(2)8-12-6-7-17-13(9-12)14(18)10-15(19)16(3,4)5/h6-7,9-11,18H,8H2,1-5H3. The summed E-state index contributed by atoms with van der Waals surface area (Å²) in [4.78, 5) is 16.0. The Morgan fingerprint density at radius 2 is 2.05 bits per heavy atom. The average molecular weight is 261 g/mol. The Kier molecular flexibility index (Phi) is 4.87. The number of ketones is 1. The molecule has 0 amide bonds. The number of carbonyl (C=O) groups is 1. The highest BCUT2D eigenvalue weighted by atomic mass is 16.3. The first-order valence-electron chi connectivity index (χ1n) is 6.60. The van der Waals surface area contributed by atoms with E-state index in [0.717, 1.165) is 12.0 Å². The van der Waals surface area contributed by atoms with Crippen LogP contribution in [-0.4, -0.2) is 15.9 Å². The van der Waals surface area contributed by atoms with E-state index in [1.165, 1.54) is 6.08 Å². The van der Waals surface area contributed by atoms with Gasteiger partial charge >= 0.3 is 0 Å². The first-order chi connectivity index (χ1) is 8.70. The molecule has 0 unspecified atom stereocenters. The Morgan fingerprint density at radius 3 is 2.58 bits per heavy atom. The second-order valence-corrected chi connectivity index (χ2v) is 6.29. The van der Waals surface area contributed by atoms with E-state index in [2.05, 4.69) is 18.8 Å². The van der Waals surface area contributed by atoms with Crippen molar-refractivity contribution >= 4 is 11.5 Å². The summed E-state index contributed by atoms with van der Waals surface area (Å²) in [6, 6.07) is 3.77. The van der Waals surface area contributed by atoms with E-state index in [1.54, 1.807) is 6.20 Å². The van der Waals surface area contributed by atoms with Crippen LogP contribution in [0.25, 0.3) is 5.76 Å². The molecule has 0 aliphatic carbocycles. The van der Waals surface area contributed by atoms with Gasteiger partial charge in [-0.05, 0) is 30.0 Å². The molecule has 0 atom stereocenters. The molecule has 0 radical (unpaired) electrons. The van der Waals surface area contributed by atoms with Crippen LogP contribution in [-0.2, 0) is 11.2 Å². The summed E-state index contributed by atoms with van der Waals surface area (Å²) < 4.78 is 0. The van der Waals surface area contributed by atoms with Crippen LogP contribution >= 0.6 is 0 Å². The molecule has 19 heavy (non-hydrogen) atoms. The van der Waals surface area contributed by atoms with Gasteiger partial charge in [0.25, 0.3) is 0 Å². The van der Waals surface area contributed by atoms with Gasteiger partial charge < -0.3 is 5.11 Å². The fourth-order valence-electron chi connectivity index (χ4n) is 1.63. The van der Waals surface area contributed by atoms with Crippen LogP contribution in [0.15, 0.2) is 24.4 Å². The van der Waals surface area contributed by atoms with E-state index >= 15 is 0 Å². The summed E-state index contributed by atoms with van der Waals surface area (Å²) in [5.41, 5.74) is 1.07. The highest BCUT2D eigenvalue weighted by Gasteiger charge is 2.20. The van der Waals surface area contributed by atoms with Crippen LogP contribution in [0.4, 0.5) is 0 Å². The number of aliphatic hydroxyl groups excluding tert-OH is 1.